The Morgan fingerprint density at radius 3 is 2.92 bits per heavy atom. The maximum absolute atomic E-state index is 12.9. The number of carbonyl (C=O) groups is 1. The molecule has 2 unspecified atom stereocenters. The number of ether oxygens (including phenoxy) is 1. The minimum Gasteiger partial charge on any atom is -0.376 e. The maximum Gasteiger partial charge on any atom is 0.262 e. The number of amides is 1. The van der Waals surface area contributed by atoms with E-state index in [-0.39, 0.29) is 28.9 Å². The molecule has 2 aromatic rings. The smallest absolute Gasteiger partial charge is 0.262 e. The van der Waals surface area contributed by atoms with E-state index < -0.39 is 0 Å². The number of carbonyl (C=O) groups excluding carboxylic acids is 1. The molecular weight excluding hydrogens is 350 g/mol. The number of hydrogen-bond donors (Lipinski definition) is 1. The molecule has 0 radical (unpaired) electrons. The van der Waals surface area contributed by atoms with Crippen molar-refractivity contribution < 1.29 is 9.53 Å². The van der Waals surface area contributed by atoms with Crippen LogP contribution in [0.1, 0.15) is 38.6 Å². The summed E-state index contributed by atoms with van der Waals surface area (Å²) in [6, 6.07) is 7.61. The van der Waals surface area contributed by atoms with Gasteiger partial charge < -0.3 is 10.1 Å². The number of rotatable bonds is 6. The number of para-hydroxylation sites is 1. The highest BCUT2D eigenvalue weighted by atomic mass is 32.2. The molecule has 2 heterocycles. The number of nitrogens with zero attached hydrogens (tertiary/aromatic N) is 2. The predicted octanol–water partition coefficient (Wildman–Crippen LogP) is 2.51. The Morgan fingerprint density at radius 1 is 1.38 bits per heavy atom. The Balaban J connectivity index is 1.53. The first-order valence-corrected chi connectivity index (χ1v) is 10.1. The minimum absolute atomic E-state index is 0.00689. The third kappa shape index (κ3) is 3.64. The Bertz CT molecular complexity index is 872. The lowest BCUT2D eigenvalue weighted by Crippen LogP contribution is -2.37. The minimum atomic E-state index is -0.325. The topological polar surface area (TPSA) is 73.2 Å². The van der Waals surface area contributed by atoms with Crippen molar-refractivity contribution in [3.8, 4) is 0 Å². The van der Waals surface area contributed by atoms with Crippen molar-refractivity contribution in [3.05, 3.63) is 34.6 Å². The van der Waals surface area contributed by atoms with Crippen LogP contribution in [0.15, 0.2) is 34.2 Å². The SMILES string of the molecule is CC(Sc1nc2ccccc2c(=O)n1C1CC1)C(=O)NCC1CCCO1. The third-order valence-electron chi connectivity index (χ3n) is 4.87. The Hall–Kier alpha value is -1.86. The van der Waals surface area contributed by atoms with Crippen LogP contribution < -0.4 is 10.9 Å². The molecule has 1 saturated carbocycles. The normalized spacial score (nSPS) is 21.0. The summed E-state index contributed by atoms with van der Waals surface area (Å²) in [5, 5.41) is 3.91. The van der Waals surface area contributed by atoms with Crippen LogP contribution in [-0.4, -0.2) is 40.0 Å². The molecule has 2 fully saturated rings. The van der Waals surface area contributed by atoms with E-state index in [1.54, 1.807) is 4.57 Å². The molecule has 2 aliphatic rings. The molecule has 1 aliphatic heterocycles. The number of nitrogens with one attached hydrogen (secondary N) is 1. The van der Waals surface area contributed by atoms with Gasteiger partial charge in [0, 0.05) is 19.2 Å². The largest absolute Gasteiger partial charge is 0.376 e. The Labute approximate surface area is 156 Å². The van der Waals surface area contributed by atoms with E-state index in [1.165, 1.54) is 11.8 Å². The molecule has 6 nitrogen and oxygen atoms in total. The van der Waals surface area contributed by atoms with Crippen LogP contribution in [0.5, 0.6) is 0 Å². The molecule has 4 rings (SSSR count). The molecule has 2 atom stereocenters. The summed E-state index contributed by atoms with van der Waals surface area (Å²) in [4.78, 5) is 30.0. The van der Waals surface area contributed by atoms with E-state index in [9.17, 15) is 9.59 Å². The molecule has 0 spiro atoms. The summed E-state index contributed by atoms with van der Waals surface area (Å²) in [6.07, 6.45) is 4.16. The van der Waals surface area contributed by atoms with Crippen molar-refractivity contribution >= 4 is 28.6 Å². The molecule has 7 heteroatoms. The summed E-state index contributed by atoms with van der Waals surface area (Å²) in [7, 11) is 0. The van der Waals surface area contributed by atoms with Gasteiger partial charge in [-0.3, -0.25) is 14.2 Å². The number of fused-ring (bicyclic) bond motifs is 1. The van der Waals surface area contributed by atoms with Crippen molar-refractivity contribution in [1.82, 2.24) is 14.9 Å². The van der Waals surface area contributed by atoms with Crippen LogP contribution in [0.2, 0.25) is 0 Å². The van der Waals surface area contributed by atoms with Gasteiger partial charge in [-0.25, -0.2) is 4.98 Å². The van der Waals surface area contributed by atoms with Gasteiger partial charge in [-0.05, 0) is 44.7 Å². The third-order valence-corrected chi connectivity index (χ3v) is 5.93. The summed E-state index contributed by atoms with van der Waals surface area (Å²) in [6.45, 7) is 3.18. The lowest BCUT2D eigenvalue weighted by Gasteiger charge is -2.17. The standard InChI is InChI=1S/C19H23N3O3S/c1-12(17(23)20-11-14-5-4-10-25-14)26-19-21-16-7-3-2-6-15(16)18(24)22(19)13-8-9-13/h2-3,6-7,12-14H,4-5,8-11H2,1H3,(H,20,23). The summed E-state index contributed by atoms with van der Waals surface area (Å²) >= 11 is 1.36. The van der Waals surface area contributed by atoms with Crippen molar-refractivity contribution in [2.75, 3.05) is 13.2 Å². The van der Waals surface area contributed by atoms with Gasteiger partial charge in [0.25, 0.3) is 5.56 Å². The zero-order valence-corrected chi connectivity index (χ0v) is 15.6. The average molecular weight is 373 g/mol. The van der Waals surface area contributed by atoms with Gasteiger partial charge >= 0.3 is 0 Å². The molecule has 1 saturated heterocycles. The Kier molecular flexibility index (Phi) is 5.00. The molecule has 1 amide bonds. The fourth-order valence-corrected chi connectivity index (χ4v) is 4.24. The average Bonchev–Trinajstić information content (AvgIpc) is 3.33. The second kappa shape index (κ2) is 7.40. The molecule has 0 bridgehead atoms. The van der Waals surface area contributed by atoms with Crippen molar-refractivity contribution in [2.45, 2.75) is 55.2 Å². The second-order valence-electron chi connectivity index (χ2n) is 6.96. The van der Waals surface area contributed by atoms with Crippen LogP contribution in [0.3, 0.4) is 0 Å². The highest BCUT2D eigenvalue weighted by Gasteiger charge is 2.30. The first-order valence-electron chi connectivity index (χ1n) is 9.21. The van der Waals surface area contributed by atoms with Crippen LogP contribution in [-0.2, 0) is 9.53 Å². The molecule has 1 aliphatic carbocycles. The quantitative estimate of drug-likeness (QED) is 0.622. The molecular formula is C19H23N3O3S. The fourth-order valence-electron chi connectivity index (χ4n) is 3.24. The van der Waals surface area contributed by atoms with Crippen molar-refractivity contribution in [1.29, 1.82) is 0 Å². The second-order valence-corrected chi connectivity index (χ2v) is 8.27. The monoisotopic (exact) mass is 373 g/mol. The van der Waals surface area contributed by atoms with E-state index in [1.807, 2.05) is 31.2 Å². The highest BCUT2D eigenvalue weighted by Crippen LogP contribution is 2.37. The molecule has 1 N–H and O–H groups in total. The lowest BCUT2D eigenvalue weighted by atomic mass is 10.2. The molecule has 1 aromatic heterocycles. The lowest BCUT2D eigenvalue weighted by molar-refractivity contribution is -0.120. The first-order chi connectivity index (χ1) is 12.6. The van der Waals surface area contributed by atoms with Crippen LogP contribution in [0.4, 0.5) is 0 Å². The van der Waals surface area contributed by atoms with Gasteiger partial charge in [0.05, 0.1) is 22.3 Å². The predicted molar refractivity (Wildman–Crippen MR) is 102 cm³/mol. The van der Waals surface area contributed by atoms with Crippen molar-refractivity contribution in [2.24, 2.45) is 0 Å². The van der Waals surface area contributed by atoms with Crippen LogP contribution in [0, 0.1) is 0 Å². The fraction of sp³-hybridized carbons (Fsp3) is 0.526. The highest BCUT2D eigenvalue weighted by molar-refractivity contribution is 8.00. The summed E-state index contributed by atoms with van der Waals surface area (Å²) in [5.74, 6) is -0.0461. The van der Waals surface area contributed by atoms with Gasteiger partial charge in [-0.2, -0.15) is 0 Å². The number of hydrogen-bond acceptors (Lipinski definition) is 5. The van der Waals surface area contributed by atoms with E-state index in [2.05, 4.69) is 10.3 Å². The molecule has 138 valence electrons. The summed E-state index contributed by atoms with van der Waals surface area (Å²) < 4.78 is 7.32. The Morgan fingerprint density at radius 2 is 2.19 bits per heavy atom. The van der Waals surface area contributed by atoms with Gasteiger partial charge in [0.15, 0.2) is 5.16 Å². The number of thioether (sulfide) groups is 1. The first kappa shape index (κ1) is 17.5. The number of aromatic nitrogens is 2. The maximum atomic E-state index is 12.9. The zero-order valence-electron chi connectivity index (χ0n) is 14.8. The van der Waals surface area contributed by atoms with Crippen LogP contribution in [0.25, 0.3) is 10.9 Å². The zero-order chi connectivity index (χ0) is 18.1. The van der Waals surface area contributed by atoms with Gasteiger partial charge in [0.2, 0.25) is 5.91 Å². The van der Waals surface area contributed by atoms with Gasteiger partial charge in [-0.1, -0.05) is 23.9 Å². The molecule has 26 heavy (non-hydrogen) atoms. The van der Waals surface area contributed by atoms with Crippen molar-refractivity contribution in [3.63, 3.8) is 0 Å². The van der Waals surface area contributed by atoms with Gasteiger partial charge in [0.1, 0.15) is 0 Å². The van der Waals surface area contributed by atoms with E-state index in [0.717, 1.165) is 32.3 Å². The van der Waals surface area contributed by atoms with Crippen LogP contribution >= 0.6 is 11.8 Å². The number of benzene rings is 1. The summed E-state index contributed by atoms with van der Waals surface area (Å²) in [5.41, 5.74) is 0.677. The van der Waals surface area contributed by atoms with Gasteiger partial charge in [-0.15, -0.1) is 0 Å². The van der Waals surface area contributed by atoms with E-state index in [0.29, 0.717) is 22.6 Å². The molecule has 1 aromatic carbocycles. The van der Waals surface area contributed by atoms with E-state index in [4.69, 9.17) is 4.74 Å². The van der Waals surface area contributed by atoms with E-state index >= 15 is 0 Å².